The molecule has 1 aromatic carbocycles. The largest absolute Gasteiger partial charge is 0.378 e. The number of nitrogens with one attached hydrogen (secondary N) is 2. The van der Waals surface area contributed by atoms with Crippen molar-refractivity contribution in [2.24, 2.45) is 0 Å². The van der Waals surface area contributed by atoms with Crippen LogP contribution in [0.5, 0.6) is 0 Å². The van der Waals surface area contributed by atoms with Crippen LogP contribution >= 0.6 is 12.4 Å². The quantitative estimate of drug-likeness (QED) is 0.839. The van der Waals surface area contributed by atoms with E-state index in [9.17, 15) is 4.79 Å². The minimum Gasteiger partial charge on any atom is -0.378 e. The van der Waals surface area contributed by atoms with Crippen molar-refractivity contribution >= 4 is 18.3 Å². The maximum absolute atomic E-state index is 12.1. The number of rotatable bonds is 2. The van der Waals surface area contributed by atoms with Gasteiger partial charge in [0.15, 0.2) is 0 Å². The van der Waals surface area contributed by atoms with Gasteiger partial charge in [-0.3, -0.25) is 4.79 Å². The number of ether oxygens (including phenoxy) is 1. The molecule has 1 aliphatic carbocycles. The molecule has 0 saturated carbocycles. The highest BCUT2D eigenvalue weighted by Gasteiger charge is 2.26. The van der Waals surface area contributed by atoms with Crippen LogP contribution in [-0.2, 0) is 22.4 Å². The average Bonchev–Trinajstić information content (AvgIpc) is 2.82. The summed E-state index contributed by atoms with van der Waals surface area (Å²) in [5.41, 5.74) is 2.71. The molecule has 5 heteroatoms. The Labute approximate surface area is 119 Å². The standard InChI is InChI=1S/C14H18N2O2.ClH/c17-14(13-9-18-6-5-15-13)16-12-7-10-3-1-2-4-11(10)8-12;/h1-4,12-13,15H,5-9H2,(H,16,17);1H. The van der Waals surface area contributed by atoms with Crippen molar-refractivity contribution in [1.82, 2.24) is 10.6 Å². The van der Waals surface area contributed by atoms with Gasteiger partial charge in [-0.15, -0.1) is 12.4 Å². The molecular formula is C14H19ClN2O2. The maximum Gasteiger partial charge on any atom is 0.239 e. The van der Waals surface area contributed by atoms with Crippen LogP contribution in [0.15, 0.2) is 24.3 Å². The molecule has 1 fully saturated rings. The number of amides is 1. The van der Waals surface area contributed by atoms with E-state index in [1.54, 1.807) is 0 Å². The first kappa shape index (κ1) is 14.3. The second-order valence-corrected chi connectivity index (χ2v) is 4.96. The normalized spacial score (nSPS) is 22.4. The molecule has 0 aromatic heterocycles. The van der Waals surface area contributed by atoms with Gasteiger partial charge in [-0.2, -0.15) is 0 Å². The molecule has 0 spiro atoms. The Balaban J connectivity index is 0.00000133. The Bertz CT molecular complexity index is 422. The Hall–Kier alpha value is -1.10. The lowest BCUT2D eigenvalue weighted by molar-refractivity contribution is -0.126. The van der Waals surface area contributed by atoms with Crippen molar-refractivity contribution in [1.29, 1.82) is 0 Å². The van der Waals surface area contributed by atoms with Crippen molar-refractivity contribution in [3.05, 3.63) is 35.4 Å². The molecule has 3 rings (SSSR count). The van der Waals surface area contributed by atoms with Gasteiger partial charge in [-0.05, 0) is 24.0 Å². The molecule has 1 atom stereocenters. The lowest BCUT2D eigenvalue weighted by Crippen LogP contribution is -2.53. The fourth-order valence-electron chi connectivity index (χ4n) is 2.70. The smallest absolute Gasteiger partial charge is 0.239 e. The summed E-state index contributed by atoms with van der Waals surface area (Å²) in [4.78, 5) is 12.1. The van der Waals surface area contributed by atoms with Crippen molar-refractivity contribution in [2.75, 3.05) is 19.8 Å². The summed E-state index contributed by atoms with van der Waals surface area (Å²) in [5, 5.41) is 6.29. The summed E-state index contributed by atoms with van der Waals surface area (Å²) in [6.07, 6.45) is 1.88. The number of benzene rings is 1. The SMILES string of the molecule is Cl.O=C(NC1Cc2ccccc2C1)C1COCCN1. The minimum atomic E-state index is -0.192. The summed E-state index contributed by atoms with van der Waals surface area (Å²) >= 11 is 0. The van der Waals surface area contributed by atoms with Crippen LogP contribution in [0.25, 0.3) is 0 Å². The second kappa shape index (κ2) is 6.37. The Morgan fingerprint density at radius 3 is 2.53 bits per heavy atom. The predicted molar refractivity (Wildman–Crippen MR) is 75.6 cm³/mol. The third-order valence-electron chi connectivity index (χ3n) is 3.64. The van der Waals surface area contributed by atoms with E-state index in [2.05, 4.69) is 34.9 Å². The number of carbonyl (C=O) groups excluding carboxylic acids is 1. The fraction of sp³-hybridized carbons (Fsp3) is 0.500. The van der Waals surface area contributed by atoms with Gasteiger partial charge < -0.3 is 15.4 Å². The molecule has 0 radical (unpaired) electrons. The van der Waals surface area contributed by atoms with Gasteiger partial charge in [0.2, 0.25) is 5.91 Å². The van der Waals surface area contributed by atoms with Crippen molar-refractivity contribution < 1.29 is 9.53 Å². The molecule has 2 aliphatic rings. The molecule has 19 heavy (non-hydrogen) atoms. The first-order valence-corrected chi connectivity index (χ1v) is 6.51. The summed E-state index contributed by atoms with van der Waals surface area (Å²) in [7, 11) is 0. The van der Waals surface area contributed by atoms with E-state index in [4.69, 9.17) is 4.74 Å². The molecule has 1 saturated heterocycles. The van der Waals surface area contributed by atoms with E-state index >= 15 is 0 Å². The van der Waals surface area contributed by atoms with Crippen LogP contribution in [0.3, 0.4) is 0 Å². The van der Waals surface area contributed by atoms with Crippen LogP contribution in [0.4, 0.5) is 0 Å². The van der Waals surface area contributed by atoms with Crippen LogP contribution in [0.2, 0.25) is 0 Å². The lowest BCUT2D eigenvalue weighted by Gasteiger charge is -2.24. The molecule has 2 N–H and O–H groups in total. The van der Waals surface area contributed by atoms with Gasteiger partial charge in [0.05, 0.1) is 13.2 Å². The molecule has 4 nitrogen and oxygen atoms in total. The van der Waals surface area contributed by atoms with Gasteiger partial charge in [0, 0.05) is 12.6 Å². The summed E-state index contributed by atoms with van der Waals surface area (Å²) in [6.45, 7) is 1.92. The van der Waals surface area contributed by atoms with Gasteiger partial charge in [0.1, 0.15) is 6.04 Å². The zero-order valence-corrected chi connectivity index (χ0v) is 11.5. The Morgan fingerprint density at radius 1 is 1.26 bits per heavy atom. The third kappa shape index (κ3) is 3.26. The van der Waals surface area contributed by atoms with Crippen LogP contribution in [0.1, 0.15) is 11.1 Å². The van der Waals surface area contributed by atoms with Gasteiger partial charge in [-0.1, -0.05) is 24.3 Å². The van der Waals surface area contributed by atoms with Gasteiger partial charge in [-0.25, -0.2) is 0 Å². The van der Waals surface area contributed by atoms with Gasteiger partial charge >= 0.3 is 0 Å². The molecule has 1 amide bonds. The highest BCUT2D eigenvalue weighted by atomic mass is 35.5. The molecule has 1 aliphatic heterocycles. The van der Waals surface area contributed by atoms with Crippen molar-refractivity contribution in [3.8, 4) is 0 Å². The first-order chi connectivity index (χ1) is 8.83. The average molecular weight is 283 g/mol. The predicted octanol–water partition coefficient (Wildman–Crippen LogP) is 0.680. The summed E-state index contributed by atoms with van der Waals surface area (Å²) in [6, 6.07) is 8.44. The second-order valence-electron chi connectivity index (χ2n) is 4.96. The van der Waals surface area contributed by atoms with E-state index in [0.717, 1.165) is 19.4 Å². The van der Waals surface area contributed by atoms with E-state index in [1.165, 1.54) is 11.1 Å². The summed E-state index contributed by atoms with van der Waals surface area (Å²) < 4.78 is 5.31. The van der Waals surface area contributed by atoms with E-state index in [-0.39, 0.29) is 30.4 Å². The number of carbonyl (C=O) groups is 1. The zero-order chi connectivity index (χ0) is 12.4. The molecule has 1 unspecified atom stereocenters. The number of hydrogen-bond acceptors (Lipinski definition) is 3. The van der Waals surface area contributed by atoms with E-state index in [0.29, 0.717) is 13.2 Å². The number of halogens is 1. The molecule has 104 valence electrons. The number of hydrogen-bond donors (Lipinski definition) is 2. The molecular weight excluding hydrogens is 264 g/mol. The highest BCUT2D eigenvalue weighted by molar-refractivity contribution is 5.85. The van der Waals surface area contributed by atoms with E-state index < -0.39 is 0 Å². The Morgan fingerprint density at radius 2 is 1.95 bits per heavy atom. The first-order valence-electron chi connectivity index (χ1n) is 6.51. The van der Waals surface area contributed by atoms with E-state index in [1.807, 2.05) is 0 Å². The summed E-state index contributed by atoms with van der Waals surface area (Å²) in [5.74, 6) is 0.0625. The van der Waals surface area contributed by atoms with Crippen molar-refractivity contribution in [3.63, 3.8) is 0 Å². The lowest BCUT2D eigenvalue weighted by atomic mass is 10.1. The Kier molecular flexibility index (Phi) is 4.80. The molecule has 0 bridgehead atoms. The molecule has 1 aromatic rings. The van der Waals surface area contributed by atoms with Crippen molar-refractivity contribution in [2.45, 2.75) is 24.9 Å². The van der Waals surface area contributed by atoms with Crippen LogP contribution in [0, 0.1) is 0 Å². The maximum atomic E-state index is 12.1. The van der Waals surface area contributed by atoms with Gasteiger partial charge in [0.25, 0.3) is 0 Å². The third-order valence-corrected chi connectivity index (χ3v) is 3.64. The topological polar surface area (TPSA) is 50.4 Å². The fourth-order valence-corrected chi connectivity index (χ4v) is 2.70. The highest BCUT2D eigenvalue weighted by Crippen LogP contribution is 2.21. The van der Waals surface area contributed by atoms with Crippen LogP contribution in [-0.4, -0.2) is 37.7 Å². The molecule has 1 heterocycles. The number of fused-ring (bicyclic) bond motifs is 1. The zero-order valence-electron chi connectivity index (χ0n) is 10.7. The minimum absolute atomic E-state index is 0. The van der Waals surface area contributed by atoms with Crippen LogP contribution < -0.4 is 10.6 Å². The monoisotopic (exact) mass is 282 g/mol. The number of morpholine rings is 1.